The van der Waals surface area contributed by atoms with Gasteiger partial charge in [0, 0.05) is 16.7 Å². The molecular weight excluding hydrogens is 242 g/mol. The number of rotatable bonds is 8. The second kappa shape index (κ2) is 8.57. The highest BCUT2D eigenvalue weighted by molar-refractivity contribution is 7.99. The quantitative estimate of drug-likeness (QED) is 0.706. The number of thioether (sulfide) groups is 1. The van der Waals surface area contributed by atoms with Gasteiger partial charge in [-0.15, -0.1) is 11.8 Å². The molecule has 0 aliphatic rings. The van der Waals surface area contributed by atoms with Crippen molar-refractivity contribution >= 4 is 11.8 Å². The summed E-state index contributed by atoms with van der Waals surface area (Å²) >= 11 is 1.72. The molecule has 0 aliphatic heterocycles. The van der Waals surface area contributed by atoms with Crippen molar-refractivity contribution in [3.05, 3.63) is 29.8 Å². The molecule has 102 valence electrons. The van der Waals surface area contributed by atoms with Gasteiger partial charge in [-0.2, -0.15) is 0 Å². The summed E-state index contributed by atoms with van der Waals surface area (Å²) in [6.07, 6.45) is 1.79. The largest absolute Gasteiger partial charge is 0.392 e. The smallest absolute Gasteiger partial charge is 0.0631 e. The van der Waals surface area contributed by atoms with Gasteiger partial charge >= 0.3 is 0 Å². The van der Waals surface area contributed by atoms with Crippen LogP contribution in [0.3, 0.4) is 0 Å². The molecular formula is C15H25NOS. The fourth-order valence-corrected chi connectivity index (χ4v) is 2.59. The van der Waals surface area contributed by atoms with Crippen LogP contribution in [-0.4, -0.2) is 23.5 Å². The Bertz CT molecular complexity index is 326. The molecule has 1 aromatic rings. The molecule has 0 radical (unpaired) electrons. The van der Waals surface area contributed by atoms with Gasteiger partial charge in [0.2, 0.25) is 0 Å². The van der Waals surface area contributed by atoms with Gasteiger partial charge in [0.05, 0.1) is 6.10 Å². The number of nitrogens with one attached hydrogen (secondary N) is 1. The minimum absolute atomic E-state index is 0.195. The van der Waals surface area contributed by atoms with Crippen molar-refractivity contribution in [1.29, 1.82) is 0 Å². The van der Waals surface area contributed by atoms with E-state index in [4.69, 9.17) is 0 Å². The zero-order valence-electron chi connectivity index (χ0n) is 11.6. The van der Waals surface area contributed by atoms with Crippen LogP contribution in [0.2, 0.25) is 0 Å². The Balaban J connectivity index is 2.46. The summed E-state index contributed by atoms with van der Waals surface area (Å²) in [5.41, 5.74) is 1.32. The molecule has 0 amide bonds. The minimum Gasteiger partial charge on any atom is -0.392 e. The van der Waals surface area contributed by atoms with Gasteiger partial charge in [-0.05, 0) is 44.0 Å². The summed E-state index contributed by atoms with van der Waals surface area (Å²) in [5.74, 6) is 0.777. The molecule has 0 bridgehead atoms. The van der Waals surface area contributed by atoms with Crippen LogP contribution < -0.4 is 5.32 Å². The standard InChI is InChI=1S/C15H25NOS/c1-4-10-16-12(3)13-6-8-15(9-7-13)18-11-14(17)5-2/h6-9,12,14,16-17H,4-5,10-11H2,1-3H3. The molecule has 1 aromatic carbocycles. The molecule has 2 atom stereocenters. The van der Waals surface area contributed by atoms with Crippen molar-refractivity contribution in [2.45, 2.75) is 50.7 Å². The number of benzene rings is 1. The Morgan fingerprint density at radius 1 is 1.22 bits per heavy atom. The molecule has 2 nitrogen and oxygen atoms in total. The average molecular weight is 267 g/mol. The molecule has 0 aromatic heterocycles. The molecule has 2 N–H and O–H groups in total. The van der Waals surface area contributed by atoms with Crippen LogP contribution in [0.4, 0.5) is 0 Å². The first-order valence-electron chi connectivity index (χ1n) is 6.81. The molecule has 0 spiro atoms. The zero-order valence-corrected chi connectivity index (χ0v) is 12.5. The Morgan fingerprint density at radius 2 is 1.89 bits per heavy atom. The summed E-state index contributed by atoms with van der Waals surface area (Å²) in [4.78, 5) is 1.23. The van der Waals surface area contributed by atoms with E-state index >= 15 is 0 Å². The van der Waals surface area contributed by atoms with Crippen molar-refractivity contribution in [1.82, 2.24) is 5.32 Å². The van der Waals surface area contributed by atoms with Crippen molar-refractivity contribution < 1.29 is 5.11 Å². The number of aliphatic hydroxyl groups is 1. The Kier molecular flexibility index (Phi) is 7.40. The summed E-state index contributed by atoms with van der Waals surface area (Å²) in [6.45, 7) is 7.44. The molecule has 0 saturated carbocycles. The van der Waals surface area contributed by atoms with Crippen LogP contribution in [0.1, 0.15) is 45.2 Å². The highest BCUT2D eigenvalue weighted by Gasteiger charge is 2.05. The maximum absolute atomic E-state index is 9.53. The molecule has 0 aliphatic carbocycles. The Morgan fingerprint density at radius 3 is 2.44 bits per heavy atom. The SMILES string of the molecule is CCCNC(C)c1ccc(SCC(O)CC)cc1. The lowest BCUT2D eigenvalue weighted by Crippen LogP contribution is -2.19. The van der Waals surface area contributed by atoms with Crippen molar-refractivity contribution in [2.75, 3.05) is 12.3 Å². The lowest BCUT2D eigenvalue weighted by molar-refractivity contribution is 0.195. The maximum Gasteiger partial charge on any atom is 0.0631 e. The third kappa shape index (κ3) is 5.42. The van der Waals surface area contributed by atoms with Gasteiger partial charge in [-0.3, -0.25) is 0 Å². The summed E-state index contributed by atoms with van der Waals surface area (Å²) < 4.78 is 0. The van der Waals surface area contributed by atoms with Crippen molar-refractivity contribution in [3.63, 3.8) is 0 Å². The summed E-state index contributed by atoms with van der Waals surface area (Å²) in [6, 6.07) is 9.05. The van der Waals surface area contributed by atoms with Crippen LogP contribution >= 0.6 is 11.8 Å². The topological polar surface area (TPSA) is 32.3 Å². The van der Waals surface area contributed by atoms with Gasteiger partial charge in [0.1, 0.15) is 0 Å². The van der Waals surface area contributed by atoms with E-state index in [1.54, 1.807) is 11.8 Å². The molecule has 3 heteroatoms. The first-order chi connectivity index (χ1) is 8.67. The number of aliphatic hydroxyl groups excluding tert-OH is 1. The van der Waals surface area contributed by atoms with Crippen LogP contribution in [0.15, 0.2) is 29.2 Å². The predicted octanol–water partition coefficient (Wildman–Crippen LogP) is 3.61. The lowest BCUT2D eigenvalue weighted by atomic mass is 10.1. The highest BCUT2D eigenvalue weighted by atomic mass is 32.2. The summed E-state index contributed by atoms with van der Waals surface area (Å²) in [5, 5.41) is 13.0. The fourth-order valence-electron chi connectivity index (χ4n) is 1.64. The van der Waals surface area contributed by atoms with E-state index in [2.05, 4.69) is 43.4 Å². The first-order valence-corrected chi connectivity index (χ1v) is 7.80. The molecule has 2 unspecified atom stereocenters. The van der Waals surface area contributed by atoms with E-state index in [0.29, 0.717) is 6.04 Å². The van der Waals surface area contributed by atoms with E-state index < -0.39 is 0 Å². The highest BCUT2D eigenvalue weighted by Crippen LogP contribution is 2.22. The molecule has 18 heavy (non-hydrogen) atoms. The van der Waals surface area contributed by atoms with E-state index in [0.717, 1.165) is 25.1 Å². The second-order valence-corrected chi connectivity index (χ2v) is 5.71. The molecule has 0 heterocycles. The predicted molar refractivity (Wildman–Crippen MR) is 80.2 cm³/mol. The first kappa shape index (κ1) is 15.5. The van der Waals surface area contributed by atoms with Crippen LogP contribution in [0.25, 0.3) is 0 Å². The van der Waals surface area contributed by atoms with E-state index in [1.165, 1.54) is 10.5 Å². The number of hydrogen-bond acceptors (Lipinski definition) is 3. The Hall–Kier alpha value is -0.510. The average Bonchev–Trinajstić information content (AvgIpc) is 2.42. The minimum atomic E-state index is -0.195. The van der Waals surface area contributed by atoms with Crippen molar-refractivity contribution in [2.24, 2.45) is 0 Å². The number of hydrogen-bond donors (Lipinski definition) is 2. The monoisotopic (exact) mass is 267 g/mol. The van der Waals surface area contributed by atoms with E-state index in [-0.39, 0.29) is 6.10 Å². The summed E-state index contributed by atoms with van der Waals surface area (Å²) in [7, 11) is 0. The van der Waals surface area contributed by atoms with Gasteiger partial charge in [0.15, 0.2) is 0 Å². The fraction of sp³-hybridized carbons (Fsp3) is 0.600. The van der Waals surface area contributed by atoms with Crippen LogP contribution in [-0.2, 0) is 0 Å². The van der Waals surface area contributed by atoms with Gasteiger partial charge < -0.3 is 10.4 Å². The zero-order chi connectivity index (χ0) is 13.4. The van der Waals surface area contributed by atoms with Crippen LogP contribution in [0, 0.1) is 0 Å². The normalized spacial score (nSPS) is 14.4. The van der Waals surface area contributed by atoms with Gasteiger partial charge in [-0.25, -0.2) is 0 Å². The third-order valence-corrected chi connectivity index (χ3v) is 4.15. The van der Waals surface area contributed by atoms with Gasteiger partial charge in [0.25, 0.3) is 0 Å². The maximum atomic E-state index is 9.53. The van der Waals surface area contributed by atoms with Crippen LogP contribution in [0.5, 0.6) is 0 Å². The molecule has 0 saturated heterocycles. The second-order valence-electron chi connectivity index (χ2n) is 4.62. The Labute approximate surface area is 115 Å². The lowest BCUT2D eigenvalue weighted by Gasteiger charge is -2.14. The van der Waals surface area contributed by atoms with Gasteiger partial charge in [-0.1, -0.05) is 26.0 Å². The third-order valence-electron chi connectivity index (χ3n) is 2.99. The molecule has 0 fully saturated rings. The van der Waals surface area contributed by atoms with Crippen molar-refractivity contribution in [3.8, 4) is 0 Å². The van der Waals surface area contributed by atoms with E-state index in [9.17, 15) is 5.11 Å². The molecule has 1 rings (SSSR count). The van der Waals surface area contributed by atoms with E-state index in [1.807, 2.05) is 6.92 Å².